The Labute approximate surface area is 76.2 Å². The number of hydrogen-bond acceptors (Lipinski definition) is 2. The molecule has 0 spiro atoms. The van der Waals surface area contributed by atoms with Gasteiger partial charge in [-0.15, -0.1) is 0 Å². The number of hydrogen-bond donors (Lipinski definition) is 1. The third-order valence-corrected chi connectivity index (χ3v) is 3.20. The van der Waals surface area contributed by atoms with E-state index in [9.17, 15) is 8.42 Å². The summed E-state index contributed by atoms with van der Waals surface area (Å²) in [5, 5.41) is 4.85. The predicted molar refractivity (Wildman–Crippen MR) is 48.1 cm³/mol. The highest BCUT2D eigenvalue weighted by Crippen LogP contribution is 2.23. The summed E-state index contributed by atoms with van der Waals surface area (Å²) in [5.41, 5.74) is 0.488. The van der Waals surface area contributed by atoms with Crippen molar-refractivity contribution in [3.8, 4) is 0 Å². The highest BCUT2D eigenvalue weighted by molar-refractivity contribution is 7.90. The van der Waals surface area contributed by atoms with E-state index < -0.39 is 14.7 Å². The van der Waals surface area contributed by atoms with Crippen LogP contribution in [0.4, 0.5) is 0 Å². The van der Waals surface area contributed by atoms with Gasteiger partial charge in [-0.25, -0.2) is 13.6 Å². The Morgan fingerprint density at radius 1 is 1.25 bits per heavy atom. The summed E-state index contributed by atoms with van der Waals surface area (Å²) in [7, 11) is -3.69. The van der Waals surface area contributed by atoms with Crippen LogP contribution in [0.2, 0.25) is 0 Å². The Morgan fingerprint density at radius 3 is 2.17 bits per heavy atom. The lowest BCUT2D eigenvalue weighted by Crippen LogP contribution is -2.17. The summed E-state index contributed by atoms with van der Waals surface area (Å²) in [6.07, 6.45) is 0. The van der Waals surface area contributed by atoms with Crippen LogP contribution in [-0.2, 0) is 10.0 Å². The van der Waals surface area contributed by atoms with Crippen molar-refractivity contribution in [2.24, 2.45) is 5.14 Å². The number of rotatable bonds is 2. The van der Waals surface area contributed by atoms with Gasteiger partial charge in [0.25, 0.3) is 0 Å². The van der Waals surface area contributed by atoms with Gasteiger partial charge in [0.2, 0.25) is 10.0 Å². The fraction of sp³-hybridized carbons (Fsp3) is 0.143. The minimum Gasteiger partial charge on any atom is -0.227 e. The van der Waals surface area contributed by atoms with Gasteiger partial charge >= 0.3 is 0 Å². The Balaban J connectivity index is 3.02. The van der Waals surface area contributed by atoms with E-state index >= 15 is 0 Å². The highest BCUT2D eigenvalue weighted by atomic mass is 35.5. The molecule has 0 fully saturated rings. The van der Waals surface area contributed by atoms with Crippen LogP contribution in [0.3, 0.4) is 0 Å². The van der Waals surface area contributed by atoms with E-state index in [0.717, 1.165) is 0 Å². The van der Waals surface area contributed by atoms with Crippen molar-refractivity contribution in [2.75, 3.05) is 0 Å². The van der Waals surface area contributed by atoms with E-state index in [1.165, 1.54) is 0 Å². The topological polar surface area (TPSA) is 60.2 Å². The largest absolute Gasteiger partial charge is 0.230 e. The highest BCUT2D eigenvalue weighted by Gasteiger charge is 2.19. The van der Waals surface area contributed by atoms with Gasteiger partial charge in [-0.2, -0.15) is 0 Å². The first-order valence-corrected chi connectivity index (χ1v) is 5.27. The van der Waals surface area contributed by atoms with Gasteiger partial charge in [-0.1, -0.05) is 41.9 Å². The van der Waals surface area contributed by atoms with Crippen molar-refractivity contribution in [1.82, 2.24) is 0 Å². The Morgan fingerprint density at radius 2 is 1.75 bits per heavy atom. The molecule has 1 rings (SSSR count). The first kappa shape index (κ1) is 9.51. The van der Waals surface area contributed by atoms with Crippen LogP contribution in [-0.4, -0.2) is 8.42 Å². The van der Waals surface area contributed by atoms with Crippen molar-refractivity contribution < 1.29 is 8.42 Å². The molecule has 12 heavy (non-hydrogen) atoms. The number of nitrogens with two attached hydrogens (primary N) is 1. The fourth-order valence-electron chi connectivity index (χ4n) is 0.794. The van der Waals surface area contributed by atoms with Crippen LogP contribution in [0.1, 0.15) is 10.3 Å². The van der Waals surface area contributed by atoms with Crippen molar-refractivity contribution >= 4 is 21.6 Å². The molecular weight excluding hydrogens is 198 g/mol. The summed E-state index contributed by atoms with van der Waals surface area (Å²) in [6, 6.07) is 8.41. The zero-order chi connectivity index (χ0) is 9.19. The lowest BCUT2D eigenvalue weighted by molar-refractivity contribution is 0.595. The molecule has 66 valence electrons. The van der Waals surface area contributed by atoms with Crippen LogP contribution >= 0.6 is 11.6 Å². The van der Waals surface area contributed by atoms with Crippen molar-refractivity contribution in [3.05, 3.63) is 35.9 Å². The standard InChI is InChI=1S/C7H8ClNO2S/c8-7(12(9,10)11)6-4-2-1-3-5-6/h1-5,7H,(H2,9,10,11). The second kappa shape index (κ2) is 3.43. The smallest absolute Gasteiger partial charge is 0.227 e. The molecule has 1 aromatic rings. The van der Waals surface area contributed by atoms with Crippen LogP contribution in [0, 0.1) is 0 Å². The molecule has 0 amide bonds. The van der Waals surface area contributed by atoms with Crippen molar-refractivity contribution in [1.29, 1.82) is 0 Å². The fourth-order valence-corrected chi connectivity index (χ4v) is 1.48. The first-order valence-electron chi connectivity index (χ1n) is 3.22. The summed E-state index contributed by atoms with van der Waals surface area (Å²) < 4.78 is 20.4. The molecular formula is C7H8ClNO2S. The average Bonchev–Trinajstić information content (AvgIpc) is 2.03. The number of benzene rings is 1. The van der Waals surface area contributed by atoms with Gasteiger partial charge in [0.15, 0.2) is 4.71 Å². The van der Waals surface area contributed by atoms with Gasteiger partial charge in [-0.3, -0.25) is 0 Å². The number of halogens is 1. The van der Waals surface area contributed by atoms with Crippen LogP contribution in [0.5, 0.6) is 0 Å². The maximum atomic E-state index is 10.8. The first-order chi connectivity index (χ1) is 5.52. The SMILES string of the molecule is NS(=O)(=O)C(Cl)c1ccccc1. The Kier molecular flexibility index (Phi) is 2.72. The van der Waals surface area contributed by atoms with Gasteiger partial charge in [0, 0.05) is 0 Å². The number of sulfonamides is 1. The third-order valence-electron chi connectivity index (χ3n) is 1.35. The quantitative estimate of drug-likeness (QED) is 0.738. The minimum atomic E-state index is -3.69. The molecule has 0 radical (unpaired) electrons. The molecule has 3 nitrogen and oxygen atoms in total. The van der Waals surface area contributed by atoms with E-state index in [-0.39, 0.29) is 0 Å². The van der Waals surface area contributed by atoms with Gasteiger partial charge in [0.05, 0.1) is 0 Å². The van der Waals surface area contributed by atoms with Crippen LogP contribution in [0.15, 0.2) is 30.3 Å². The number of alkyl halides is 1. The molecule has 0 heterocycles. The normalized spacial score (nSPS) is 14.2. The molecule has 0 aromatic heterocycles. The maximum Gasteiger partial charge on any atom is 0.230 e. The molecule has 1 unspecified atom stereocenters. The van der Waals surface area contributed by atoms with E-state index in [2.05, 4.69) is 0 Å². The van der Waals surface area contributed by atoms with Crippen LogP contribution < -0.4 is 5.14 Å². The maximum absolute atomic E-state index is 10.8. The van der Waals surface area contributed by atoms with E-state index in [1.807, 2.05) is 0 Å². The molecule has 1 aromatic carbocycles. The second-order valence-electron chi connectivity index (χ2n) is 2.32. The third kappa shape index (κ3) is 2.20. The van der Waals surface area contributed by atoms with Gasteiger partial charge < -0.3 is 0 Å². The zero-order valence-corrected chi connectivity index (χ0v) is 7.72. The predicted octanol–water partition coefficient (Wildman–Crippen LogP) is 1.21. The Bertz CT molecular complexity index is 349. The molecule has 0 saturated heterocycles. The van der Waals surface area contributed by atoms with Crippen molar-refractivity contribution in [3.63, 3.8) is 0 Å². The summed E-state index contributed by atoms with van der Waals surface area (Å²) in [6.45, 7) is 0. The summed E-state index contributed by atoms with van der Waals surface area (Å²) >= 11 is 5.57. The monoisotopic (exact) mass is 205 g/mol. The minimum absolute atomic E-state index is 0.488. The Hall–Kier alpha value is -0.580. The molecule has 2 N–H and O–H groups in total. The summed E-state index contributed by atoms with van der Waals surface area (Å²) in [5.74, 6) is 0. The zero-order valence-electron chi connectivity index (χ0n) is 6.14. The average molecular weight is 206 g/mol. The van der Waals surface area contributed by atoms with Crippen molar-refractivity contribution in [2.45, 2.75) is 4.71 Å². The van der Waals surface area contributed by atoms with Crippen LogP contribution in [0.25, 0.3) is 0 Å². The van der Waals surface area contributed by atoms with Gasteiger partial charge in [-0.05, 0) is 5.56 Å². The molecule has 1 atom stereocenters. The number of primary sulfonamides is 1. The van der Waals surface area contributed by atoms with E-state index in [1.54, 1.807) is 30.3 Å². The molecule has 0 aliphatic carbocycles. The van der Waals surface area contributed by atoms with E-state index in [4.69, 9.17) is 16.7 Å². The molecule has 0 bridgehead atoms. The molecule has 5 heteroatoms. The lowest BCUT2D eigenvalue weighted by Gasteiger charge is -2.05. The summed E-state index contributed by atoms with van der Waals surface area (Å²) in [4.78, 5) is 0. The second-order valence-corrected chi connectivity index (χ2v) is 4.66. The molecule has 0 aliphatic rings. The molecule has 0 saturated carbocycles. The van der Waals surface area contributed by atoms with E-state index in [0.29, 0.717) is 5.56 Å². The molecule has 0 aliphatic heterocycles. The lowest BCUT2D eigenvalue weighted by atomic mass is 10.2. The van der Waals surface area contributed by atoms with Gasteiger partial charge in [0.1, 0.15) is 0 Å².